The Balaban J connectivity index is 0.000000338. The summed E-state index contributed by atoms with van der Waals surface area (Å²) in [6.45, 7) is 6.33. The molecule has 0 saturated carbocycles. The number of hydrogen-bond acceptors (Lipinski definition) is 7. The highest BCUT2D eigenvalue weighted by Gasteiger charge is 2.19. The molecule has 0 saturated heterocycles. The van der Waals surface area contributed by atoms with Crippen LogP contribution in [-0.2, 0) is 0 Å². The number of methoxy groups -OCH3 is 1. The van der Waals surface area contributed by atoms with Gasteiger partial charge in [-0.15, -0.1) is 0 Å². The zero-order valence-electron chi connectivity index (χ0n) is 13.0. The number of thiazole rings is 1. The molecule has 0 aliphatic rings. The smallest absolute Gasteiger partial charge is 0.388 e. The molecular weight excluding hydrogens is 344 g/mol. The van der Waals surface area contributed by atoms with Gasteiger partial charge in [-0.3, -0.25) is 0 Å². The number of fused-ring (bicyclic) bond motifs is 3. The molecule has 3 aromatic rings. The second kappa shape index (κ2) is 6.52. The predicted molar refractivity (Wildman–Crippen MR) is 75.8 cm³/mol. The van der Waals surface area contributed by atoms with E-state index in [1.807, 2.05) is 6.07 Å². The maximum atomic E-state index is 8.60. The van der Waals surface area contributed by atoms with Gasteiger partial charge < -0.3 is 4.74 Å². The molecule has 0 fully saturated rings. The minimum Gasteiger partial charge on any atom is -0.497 e. The zero-order chi connectivity index (χ0) is 17.4. The first-order chi connectivity index (χ1) is 10.6. The van der Waals surface area contributed by atoms with Crippen molar-refractivity contribution in [1.82, 2.24) is 4.98 Å². The van der Waals surface area contributed by atoms with Crippen molar-refractivity contribution < 1.29 is 38.0 Å². The summed E-state index contributed by atoms with van der Waals surface area (Å²) in [5, 5.41) is 0. The van der Waals surface area contributed by atoms with Crippen molar-refractivity contribution in [2.24, 2.45) is 0 Å². The van der Waals surface area contributed by atoms with Gasteiger partial charge in [-0.1, -0.05) is 0 Å². The van der Waals surface area contributed by atoms with Gasteiger partial charge in [0, 0.05) is 18.6 Å². The Hall–Kier alpha value is -1.55. The number of benzene rings is 1. The Morgan fingerprint density at radius 3 is 2.39 bits per heavy atom. The van der Waals surface area contributed by atoms with Gasteiger partial charge in [0.25, 0.3) is 0 Å². The molecule has 0 atom stereocenters. The van der Waals surface area contributed by atoms with Crippen molar-refractivity contribution in [1.29, 1.82) is 0 Å². The fourth-order valence-corrected chi connectivity index (χ4v) is 3.33. The van der Waals surface area contributed by atoms with Crippen LogP contribution in [0.1, 0.15) is 17.0 Å². The summed E-state index contributed by atoms with van der Waals surface area (Å²) in [6, 6.07) is 6.16. The van der Waals surface area contributed by atoms with Gasteiger partial charge >= 0.3 is 4.96 Å². The summed E-state index contributed by atoms with van der Waals surface area (Å²) in [5.74, 6) is 0.890. The Labute approximate surface area is 138 Å². The molecule has 0 aliphatic heterocycles. The minimum atomic E-state index is -4.69. The van der Waals surface area contributed by atoms with Crippen molar-refractivity contribution in [3.63, 3.8) is 0 Å². The summed E-state index contributed by atoms with van der Waals surface area (Å²) >= 11 is 1.70. The number of ether oxygens (including phenoxy) is 1. The Morgan fingerprint density at radius 1 is 1.22 bits per heavy atom. The number of rotatable bonds is 1. The number of aromatic nitrogens is 2. The first-order valence-corrected chi connectivity index (χ1v) is 8.59. The van der Waals surface area contributed by atoms with Crippen LogP contribution in [0.15, 0.2) is 18.2 Å². The average molecular weight is 360 g/mol. The molecule has 0 aliphatic carbocycles. The van der Waals surface area contributed by atoms with Gasteiger partial charge in [-0.05, 0) is 42.3 Å². The summed E-state index contributed by atoms with van der Waals surface area (Å²) in [4.78, 5) is 5.71. The van der Waals surface area contributed by atoms with Crippen molar-refractivity contribution in [3.05, 3.63) is 35.2 Å². The van der Waals surface area contributed by atoms with E-state index < -0.39 is 10.2 Å². The molecular formula is C14H16ClN2O5S+. The van der Waals surface area contributed by atoms with E-state index in [0.29, 0.717) is 0 Å². The maximum Gasteiger partial charge on any atom is 0.388 e. The molecule has 23 heavy (non-hydrogen) atoms. The Kier molecular flexibility index (Phi) is 5.04. The zero-order valence-corrected chi connectivity index (χ0v) is 14.6. The fraction of sp³-hybridized carbons (Fsp3) is 0.286. The van der Waals surface area contributed by atoms with Crippen LogP contribution in [-0.4, -0.2) is 16.8 Å². The number of nitrogens with zero attached hydrogens (tertiary/aromatic N) is 2. The van der Waals surface area contributed by atoms with Gasteiger partial charge in [0.15, 0.2) is 11.2 Å². The van der Waals surface area contributed by atoms with Crippen LogP contribution in [0, 0.1) is 31.0 Å². The Bertz CT molecular complexity index is 854. The number of hydrogen-bond donors (Lipinski definition) is 1. The molecule has 0 radical (unpaired) electrons. The molecule has 1 aromatic carbocycles. The maximum absolute atomic E-state index is 8.60. The third-order valence-electron chi connectivity index (χ3n) is 3.48. The van der Waals surface area contributed by atoms with Crippen molar-refractivity contribution in [3.8, 4) is 5.75 Å². The van der Waals surface area contributed by atoms with Gasteiger partial charge in [0.1, 0.15) is 11.4 Å². The largest absolute Gasteiger partial charge is 0.497 e. The normalized spacial score (nSPS) is 11.5. The van der Waals surface area contributed by atoms with Crippen molar-refractivity contribution in [2.75, 3.05) is 7.11 Å². The van der Waals surface area contributed by atoms with Crippen LogP contribution < -0.4 is 23.1 Å². The molecule has 1 N–H and O–H groups in total. The fourth-order valence-electron chi connectivity index (χ4n) is 2.19. The van der Waals surface area contributed by atoms with Crippen molar-refractivity contribution >= 4 is 26.5 Å². The van der Waals surface area contributed by atoms with Crippen molar-refractivity contribution in [2.45, 2.75) is 20.8 Å². The predicted octanol–water partition coefficient (Wildman–Crippen LogP) is -1.16. The van der Waals surface area contributed by atoms with E-state index in [0.717, 1.165) is 16.4 Å². The molecule has 0 spiro atoms. The second-order valence-corrected chi connectivity index (χ2v) is 6.66. The highest BCUT2D eigenvalue weighted by molar-refractivity contribution is 7.22. The molecule has 2 heterocycles. The van der Waals surface area contributed by atoms with E-state index in [1.54, 1.807) is 18.4 Å². The first-order valence-electron chi connectivity index (χ1n) is 6.51. The van der Waals surface area contributed by atoms with Gasteiger partial charge in [0.2, 0.25) is 0 Å². The van der Waals surface area contributed by atoms with Gasteiger partial charge in [0.05, 0.1) is 26.7 Å². The van der Waals surface area contributed by atoms with Crippen LogP contribution in [0.2, 0.25) is 0 Å². The lowest BCUT2D eigenvalue weighted by atomic mass is 10.2. The van der Waals surface area contributed by atoms with E-state index in [2.05, 4.69) is 42.3 Å². The minimum absolute atomic E-state index is 0.890. The van der Waals surface area contributed by atoms with E-state index in [4.69, 9.17) is 23.4 Å². The van der Waals surface area contributed by atoms with Gasteiger partial charge in [-0.2, -0.15) is 18.4 Å². The van der Waals surface area contributed by atoms with Gasteiger partial charge in [-0.25, -0.2) is 0 Å². The molecule has 0 bridgehead atoms. The van der Waals surface area contributed by atoms with E-state index >= 15 is 0 Å². The molecule has 7 nitrogen and oxygen atoms in total. The molecule has 0 unspecified atom stereocenters. The second-order valence-electron chi connectivity index (χ2n) is 4.86. The van der Waals surface area contributed by atoms with Crippen LogP contribution >= 0.6 is 11.3 Å². The standard InChI is InChI=1S/C14H15N2OS.ClHO4/c1-8-9(2)15-14-16(10(8)3)12-6-5-11(17-4)7-13(12)18-14;2-1(3,4)5/h5-7H,1-4H3;(H,2,3,4,5)/q+1;. The topological polar surface area (TPSA) is 116 Å². The molecule has 0 amide bonds. The lowest BCUT2D eigenvalue weighted by Gasteiger charge is -2.03. The molecule has 124 valence electrons. The lowest BCUT2D eigenvalue weighted by molar-refractivity contribution is -1.92. The number of aryl methyl sites for hydroxylation is 2. The average Bonchev–Trinajstić information content (AvgIpc) is 2.79. The Morgan fingerprint density at radius 2 is 1.83 bits per heavy atom. The molecule has 2 aromatic heterocycles. The highest BCUT2D eigenvalue weighted by Crippen LogP contribution is 2.26. The highest BCUT2D eigenvalue weighted by atomic mass is 35.7. The third kappa shape index (κ3) is 4.05. The van der Waals surface area contributed by atoms with Crippen LogP contribution in [0.5, 0.6) is 5.75 Å². The number of halogens is 1. The SMILES string of the molecule is COc1ccc2c(c1)sc1nc(C)c(C)c(C)[n+]12.[O-][Cl+3]([O-])([O-])O. The van der Waals surface area contributed by atoms with Crippen LogP contribution in [0.25, 0.3) is 15.2 Å². The van der Waals surface area contributed by atoms with E-state index in [9.17, 15) is 0 Å². The molecule has 9 heteroatoms. The monoisotopic (exact) mass is 359 g/mol. The van der Waals surface area contributed by atoms with Crippen LogP contribution in [0.4, 0.5) is 0 Å². The summed E-state index contributed by atoms with van der Waals surface area (Å²) in [6.07, 6.45) is 0. The van der Waals surface area contributed by atoms with E-state index in [1.165, 1.54) is 21.5 Å². The van der Waals surface area contributed by atoms with Crippen LogP contribution in [0.3, 0.4) is 0 Å². The quantitative estimate of drug-likeness (QED) is 0.548. The summed E-state index contributed by atoms with van der Waals surface area (Å²) in [7, 11) is -3.00. The summed E-state index contributed by atoms with van der Waals surface area (Å²) in [5.41, 5.74) is 4.81. The molecule has 3 rings (SSSR count). The third-order valence-corrected chi connectivity index (χ3v) is 4.49. The first kappa shape index (κ1) is 17.8. The van der Waals surface area contributed by atoms with E-state index in [-0.39, 0.29) is 0 Å². The lowest BCUT2D eigenvalue weighted by Crippen LogP contribution is -2.58. The summed E-state index contributed by atoms with van der Waals surface area (Å²) < 4.78 is 41.4.